The van der Waals surface area contributed by atoms with E-state index in [-0.39, 0.29) is 13.2 Å². The number of aliphatic hydroxyl groups excluding tert-OH is 1. The summed E-state index contributed by atoms with van der Waals surface area (Å²) in [5.74, 6) is -0.630. The van der Waals surface area contributed by atoms with Crippen LogP contribution in [0.1, 0.15) is 26.7 Å². The van der Waals surface area contributed by atoms with Crippen LogP contribution in [0.25, 0.3) is 0 Å². The Balaban J connectivity index is 3.21. The Kier molecular flexibility index (Phi) is 13.7. The minimum atomic E-state index is -1.01. The van der Waals surface area contributed by atoms with Gasteiger partial charge in [-0.15, -0.1) is 0 Å². The third-order valence-electron chi connectivity index (χ3n) is 2.65. The highest BCUT2D eigenvalue weighted by molar-refractivity contribution is 5.76. The molecule has 0 bridgehead atoms. The van der Waals surface area contributed by atoms with E-state index in [1.165, 1.54) is 6.92 Å². The van der Waals surface area contributed by atoms with E-state index in [0.29, 0.717) is 26.4 Å². The molecule has 7 nitrogen and oxygen atoms in total. The second kappa shape index (κ2) is 14.2. The molecule has 0 spiro atoms. The summed E-state index contributed by atoms with van der Waals surface area (Å²) < 4.78 is 20.7. The van der Waals surface area contributed by atoms with E-state index in [1.54, 1.807) is 0 Å². The second-order valence-electron chi connectivity index (χ2n) is 4.62. The fourth-order valence-corrected chi connectivity index (χ4v) is 1.28. The van der Waals surface area contributed by atoms with Crippen LogP contribution in [0.4, 0.5) is 0 Å². The van der Waals surface area contributed by atoms with Crippen molar-refractivity contribution in [3.8, 4) is 0 Å². The maximum atomic E-state index is 11.3. The van der Waals surface area contributed by atoms with Gasteiger partial charge in [-0.1, -0.05) is 13.3 Å². The van der Waals surface area contributed by atoms with Crippen molar-refractivity contribution in [1.29, 1.82) is 0 Å². The highest BCUT2D eigenvalue weighted by Crippen LogP contribution is 1.93. The number of hydrogen-bond donors (Lipinski definition) is 2. The monoisotopic (exact) mass is 307 g/mol. The lowest BCUT2D eigenvalue weighted by molar-refractivity contribution is -0.149. The fraction of sp³-hybridized carbons (Fsp3) is 0.929. The summed E-state index contributed by atoms with van der Waals surface area (Å²) in [6, 6.07) is -1.01. The number of carbonyl (C=O) groups is 1. The first kappa shape index (κ1) is 20.3. The molecule has 0 aliphatic carbocycles. The molecule has 0 amide bonds. The average Bonchev–Trinajstić information content (AvgIpc) is 2.47. The summed E-state index contributed by atoms with van der Waals surface area (Å²) in [6.45, 7) is 6.75. The molecular weight excluding hydrogens is 278 g/mol. The first-order chi connectivity index (χ1) is 10.1. The number of unbranched alkanes of at least 4 members (excludes halogenated alkanes) is 1. The lowest BCUT2D eigenvalue weighted by Gasteiger charge is -2.13. The Morgan fingerprint density at radius 3 is 1.95 bits per heavy atom. The van der Waals surface area contributed by atoms with E-state index in [1.807, 2.05) is 0 Å². The van der Waals surface area contributed by atoms with Gasteiger partial charge < -0.3 is 29.8 Å². The Morgan fingerprint density at radius 1 is 1.00 bits per heavy atom. The van der Waals surface area contributed by atoms with Gasteiger partial charge in [0.15, 0.2) is 0 Å². The Bertz CT molecular complexity index is 250. The molecular formula is C14H29NO6. The van der Waals surface area contributed by atoms with Gasteiger partial charge in [0, 0.05) is 6.61 Å². The van der Waals surface area contributed by atoms with Crippen molar-refractivity contribution in [2.24, 2.45) is 5.73 Å². The summed E-state index contributed by atoms with van der Waals surface area (Å²) >= 11 is 0. The molecule has 0 fully saturated rings. The summed E-state index contributed by atoms with van der Waals surface area (Å²) in [5, 5.41) is 9.10. The SMILES string of the molecule is CCCCOCCOCCOCCOC(=O)C(N)C(C)O. The molecule has 0 aromatic rings. The summed E-state index contributed by atoms with van der Waals surface area (Å²) in [6.07, 6.45) is 1.27. The number of carbonyl (C=O) groups excluding carboxylic acids is 1. The minimum Gasteiger partial charge on any atom is -0.462 e. The number of hydrogen-bond acceptors (Lipinski definition) is 7. The first-order valence-corrected chi connectivity index (χ1v) is 7.43. The van der Waals surface area contributed by atoms with Crippen molar-refractivity contribution >= 4 is 5.97 Å². The van der Waals surface area contributed by atoms with Crippen molar-refractivity contribution < 1.29 is 28.8 Å². The zero-order chi connectivity index (χ0) is 15.9. The van der Waals surface area contributed by atoms with Gasteiger partial charge in [0.25, 0.3) is 0 Å². The molecule has 21 heavy (non-hydrogen) atoms. The minimum absolute atomic E-state index is 0.110. The number of aliphatic hydroxyl groups is 1. The summed E-state index contributed by atoms with van der Waals surface area (Å²) in [5.41, 5.74) is 5.40. The van der Waals surface area contributed by atoms with Gasteiger partial charge >= 0.3 is 5.97 Å². The molecule has 2 atom stereocenters. The standard InChI is InChI=1S/C14H29NO6/c1-3-4-5-18-6-7-19-8-9-20-10-11-21-14(17)13(15)12(2)16/h12-13,16H,3-11,15H2,1-2H3. The Morgan fingerprint density at radius 2 is 1.48 bits per heavy atom. The number of esters is 1. The van der Waals surface area contributed by atoms with Crippen LogP contribution in [0.15, 0.2) is 0 Å². The smallest absolute Gasteiger partial charge is 0.325 e. The average molecular weight is 307 g/mol. The zero-order valence-corrected chi connectivity index (χ0v) is 13.1. The molecule has 7 heteroatoms. The van der Waals surface area contributed by atoms with E-state index >= 15 is 0 Å². The van der Waals surface area contributed by atoms with Crippen molar-refractivity contribution in [3.05, 3.63) is 0 Å². The van der Waals surface area contributed by atoms with Crippen LogP contribution < -0.4 is 5.73 Å². The molecule has 0 heterocycles. The third kappa shape index (κ3) is 12.7. The first-order valence-electron chi connectivity index (χ1n) is 7.43. The predicted molar refractivity (Wildman–Crippen MR) is 78.0 cm³/mol. The van der Waals surface area contributed by atoms with Crippen LogP contribution in [0.3, 0.4) is 0 Å². The number of rotatable bonds is 14. The van der Waals surface area contributed by atoms with Crippen LogP contribution in [-0.4, -0.2) is 69.5 Å². The number of ether oxygens (including phenoxy) is 4. The molecule has 0 aromatic heterocycles. The molecule has 0 radical (unpaired) electrons. The Labute approximate surface area is 126 Å². The van der Waals surface area contributed by atoms with Gasteiger partial charge in [-0.05, 0) is 13.3 Å². The predicted octanol–water partition coefficient (Wildman–Crippen LogP) is 0.0876. The lowest BCUT2D eigenvalue weighted by Crippen LogP contribution is -2.41. The fourth-order valence-electron chi connectivity index (χ4n) is 1.28. The van der Waals surface area contributed by atoms with Crippen LogP contribution in [0.5, 0.6) is 0 Å². The van der Waals surface area contributed by atoms with Crippen molar-refractivity contribution in [3.63, 3.8) is 0 Å². The van der Waals surface area contributed by atoms with Crippen LogP contribution >= 0.6 is 0 Å². The molecule has 2 unspecified atom stereocenters. The van der Waals surface area contributed by atoms with Crippen molar-refractivity contribution in [2.45, 2.75) is 38.8 Å². The molecule has 126 valence electrons. The van der Waals surface area contributed by atoms with Gasteiger partial charge in [-0.25, -0.2) is 0 Å². The summed E-state index contributed by atoms with van der Waals surface area (Å²) in [4.78, 5) is 11.3. The molecule has 0 aromatic carbocycles. The van der Waals surface area contributed by atoms with E-state index in [9.17, 15) is 4.79 Å². The maximum Gasteiger partial charge on any atom is 0.325 e. The third-order valence-corrected chi connectivity index (χ3v) is 2.65. The van der Waals surface area contributed by atoms with Crippen molar-refractivity contribution in [2.75, 3.05) is 46.2 Å². The second-order valence-corrected chi connectivity index (χ2v) is 4.62. The van der Waals surface area contributed by atoms with Gasteiger partial charge in [-0.3, -0.25) is 4.79 Å². The van der Waals surface area contributed by atoms with Gasteiger partial charge in [0.1, 0.15) is 12.6 Å². The molecule has 0 aliphatic heterocycles. The van der Waals surface area contributed by atoms with Crippen LogP contribution in [0.2, 0.25) is 0 Å². The quantitative estimate of drug-likeness (QED) is 0.346. The lowest BCUT2D eigenvalue weighted by atomic mass is 10.2. The molecule has 0 saturated heterocycles. The van der Waals surface area contributed by atoms with E-state index in [2.05, 4.69) is 6.92 Å². The molecule has 0 saturated carbocycles. The van der Waals surface area contributed by atoms with Gasteiger partial charge in [0.05, 0.1) is 39.1 Å². The topological polar surface area (TPSA) is 100 Å². The molecule has 0 rings (SSSR count). The number of nitrogens with two attached hydrogens (primary N) is 1. The van der Waals surface area contributed by atoms with Crippen LogP contribution in [0, 0.1) is 0 Å². The van der Waals surface area contributed by atoms with E-state index < -0.39 is 18.1 Å². The highest BCUT2D eigenvalue weighted by Gasteiger charge is 2.19. The maximum absolute atomic E-state index is 11.3. The summed E-state index contributed by atoms with van der Waals surface area (Å²) in [7, 11) is 0. The van der Waals surface area contributed by atoms with Crippen LogP contribution in [-0.2, 0) is 23.7 Å². The Hall–Kier alpha value is -0.730. The van der Waals surface area contributed by atoms with Crippen molar-refractivity contribution in [1.82, 2.24) is 0 Å². The largest absolute Gasteiger partial charge is 0.462 e. The molecule has 3 N–H and O–H groups in total. The van der Waals surface area contributed by atoms with Gasteiger partial charge in [0.2, 0.25) is 0 Å². The van der Waals surface area contributed by atoms with E-state index in [0.717, 1.165) is 19.4 Å². The highest BCUT2D eigenvalue weighted by atomic mass is 16.6. The zero-order valence-electron chi connectivity index (χ0n) is 13.1. The molecule has 0 aliphatic rings. The normalized spacial score (nSPS) is 13.9. The van der Waals surface area contributed by atoms with E-state index in [4.69, 9.17) is 29.8 Å². The van der Waals surface area contributed by atoms with Gasteiger partial charge in [-0.2, -0.15) is 0 Å².